The number of hydrogen-bond acceptors (Lipinski definition) is 6. The van der Waals surface area contributed by atoms with Crippen LogP contribution in [0.2, 0.25) is 0 Å². The lowest BCUT2D eigenvalue weighted by molar-refractivity contribution is -0.119. The normalized spacial score (nSPS) is 19.6. The Kier molecular flexibility index (Phi) is 8.79. The topological polar surface area (TPSA) is 98.8 Å². The van der Waals surface area contributed by atoms with Gasteiger partial charge in [-0.1, -0.05) is 39.3 Å². The third-order valence-corrected chi connectivity index (χ3v) is 6.50. The highest BCUT2D eigenvalue weighted by molar-refractivity contribution is 6.04. The molecular formula is C28H33NO6. The van der Waals surface area contributed by atoms with Crippen molar-refractivity contribution in [3.63, 3.8) is 0 Å². The number of ether oxygens (including phenoxy) is 2. The fraction of sp³-hybridized carbons (Fsp3) is 0.429. The maximum absolute atomic E-state index is 13.0. The van der Waals surface area contributed by atoms with Gasteiger partial charge in [-0.15, -0.1) is 0 Å². The van der Waals surface area contributed by atoms with Crippen LogP contribution in [0.5, 0.6) is 0 Å². The van der Waals surface area contributed by atoms with Gasteiger partial charge in [-0.05, 0) is 73.9 Å². The maximum atomic E-state index is 13.0. The molecule has 0 radical (unpaired) electrons. The molecule has 7 nitrogen and oxygen atoms in total. The highest BCUT2D eigenvalue weighted by atomic mass is 16.5. The molecule has 0 aromatic heterocycles. The van der Waals surface area contributed by atoms with Crippen molar-refractivity contribution in [1.29, 1.82) is 0 Å². The first-order valence-electron chi connectivity index (χ1n) is 12.0. The molecule has 0 heterocycles. The van der Waals surface area contributed by atoms with Gasteiger partial charge in [-0.3, -0.25) is 9.59 Å². The summed E-state index contributed by atoms with van der Waals surface area (Å²) in [5.41, 5.74) is 1.18. The fourth-order valence-electron chi connectivity index (χ4n) is 4.48. The van der Waals surface area contributed by atoms with Crippen molar-refractivity contribution in [2.24, 2.45) is 17.8 Å². The first kappa shape index (κ1) is 26.1. The molecule has 1 aliphatic carbocycles. The lowest BCUT2D eigenvalue weighted by Gasteiger charge is -2.36. The number of rotatable bonds is 8. The monoisotopic (exact) mass is 479 g/mol. The molecule has 0 spiro atoms. The summed E-state index contributed by atoms with van der Waals surface area (Å²) in [7, 11) is 0. The van der Waals surface area contributed by atoms with Crippen molar-refractivity contribution < 1.29 is 28.7 Å². The van der Waals surface area contributed by atoms with E-state index in [4.69, 9.17) is 9.47 Å². The summed E-state index contributed by atoms with van der Waals surface area (Å²) >= 11 is 0. The van der Waals surface area contributed by atoms with Gasteiger partial charge in [-0.25, -0.2) is 9.59 Å². The molecule has 7 heteroatoms. The van der Waals surface area contributed by atoms with Crippen molar-refractivity contribution >= 4 is 29.3 Å². The van der Waals surface area contributed by atoms with Crippen molar-refractivity contribution in [3.05, 3.63) is 65.2 Å². The van der Waals surface area contributed by atoms with Gasteiger partial charge in [0.1, 0.15) is 6.10 Å². The fourth-order valence-corrected chi connectivity index (χ4v) is 4.48. The molecule has 1 amide bonds. The van der Waals surface area contributed by atoms with Gasteiger partial charge in [0.05, 0.1) is 11.1 Å². The zero-order chi connectivity index (χ0) is 25.5. The van der Waals surface area contributed by atoms with Crippen LogP contribution in [0.25, 0.3) is 0 Å². The van der Waals surface area contributed by atoms with E-state index >= 15 is 0 Å². The lowest BCUT2D eigenvalue weighted by atomic mass is 9.75. The van der Waals surface area contributed by atoms with Crippen LogP contribution in [-0.4, -0.2) is 36.3 Å². The number of nitrogens with one attached hydrogen (secondary N) is 1. The Morgan fingerprint density at radius 1 is 0.943 bits per heavy atom. The van der Waals surface area contributed by atoms with Crippen LogP contribution < -0.4 is 5.32 Å². The average molecular weight is 480 g/mol. The number of carbonyl (C=O) groups excluding carboxylic acids is 4. The zero-order valence-electron chi connectivity index (χ0n) is 20.7. The molecule has 186 valence electrons. The maximum Gasteiger partial charge on any atom is 0.339 e. The Balaban J connectivity index is 1.62. The zero-order valence-corrected chi connectivity index (χ0v) is 20.7. The van der Waals surface area contributed by atoms with Crippen molar-refractivity contribution in [1.82, 2.24) is 0 Å². The van der Waals surface area contributed by atoms with Gasteiger partial charge in [0.2, 0.25) is 0 Å². The molecule has 2 aromatic rings. The summed E-state index contributed by atoms with van der Waals surface area (Å²) in [5, 5.41) is 2.61. The van der Waals surface area contributed by atoms with E-state index in [9.17, 15) is 19.2 Å². The van der Waals surface area contributed by atoms with E-state index in [-0.39, 0.29) is 28.9 Å². The third-order valence-electron chi connectivity index (χ3n) is 6.50. The van der Waals surface area contributed by atoms with Gasteiger partial charge in [0, 0.05) is 11.3 Å². The third kappa shape index (κ3) is 7.01. The second kappa shape index (κ2) is 11.8. The van der Waals surface area contributed by atoms with Crippen LogP contribution in [0.15, 0.2) is 48.5 Å². The molecule has 0 saturated heterocycles. The van der Waals surface area contributed by atoms with Gasteiger partial charge in [0.25, 0.3) is 5.91 Å². The quantitative estimate of drug-likeness (QED) is 0.407. The minimum atomic E-state index is -0.781. The second-order valence-corrected chi connectivity index (χ2v) is 9.57. The van der Waals surface area contributed by atoms with Gasteiger partial charge >= 0.3 is 11.9 Å². The van der Waals surface area contributed by atoms with E-state index < -0.39 is 24.5 Å². The van der Waals surface area contributed by atoms with E-state index in [1.165, 1.54) is 19.1 Å². The van der Waals surface area contributed by atoms with E-state index in [0.717, 1.165) is 19.3 Å². The minimum absolute atomic E-state index is 0.0565. The van der Waals surface area contributed by atoms with Crippen LogP contribution in [0.4, 0.5) is 5.69 Å². The highest BCUT2D eigenvalue weighted by Crippen LogP contribution is 2.35. The lowest BCUT2D eigenvalue weighted by Crippen LogP contribution is -2.36. The van der Waals surface area contributed by atoms with Crippen LogP contribution in [0.3, 0.4) is 0 Å². The van der Waals surface area contributed by atoms with Crippen LogP contribution in [-0.2, 0) is 14.3 Å². The van der Waals surface area contributed by atoms with Crippen LogP contribution >= 0.6 is 0 Å². The van der Waals surface area contributed by atoms with E-state index in [1.54, 1.807) is 36.4 Å². The Hall–Kier alpha value is -3.48. The summed E-state index contributed by atoms with van der Waals surface area (Å²) < 4.78 is 11.1. The van der Waals surface area contributed by atoms with E-state index in [0.29, 0.717) is 23.1 Å². The number of esters is 2. The molecule has 1 saturated carbocycles. The first-order valence-corrected chi connectivity index (χ1v) is 12.0. The number of hydrogen-bond donors (Lipinski definition) is 1. The number of amides is 1. The summed E-state index contributed by atoms with van der Waals surface area (Å²) in [4.78, 5) is 49.3. The Morgan fingerprint density at radius 3 is 2.17 bits per heavy atom. The summed E-state index contributed by atoms with van der Waals surface area (Å²) in [6.45, 7) is 7.36. The standard InChI is InChI=1S/C28H33NO6/c1-17(2)22-14-9-18(3)15-25(22)35-28(33)24-8-6-5-7-23(24)27(32)34-16-26(31)29-21-12-10-20(11-13-21)19(4)30/h5-8,10-13,17-18,22,25H,9,14-16H2,1-4H3,(H,29,31)/t18-,22-,25-/m1/s1. The number of carbonyl (C=O) groups is 4. The molecule has 3 rings (SSSR count). The molecular weight excluding hydrogens is 446 g/mol. The summed E-state index contributed by atoms with van der Waals surface area (Å²) in [6.07, 6.45) is 2.72. The van der Waals surface area contributed by atoms with E-state index in [2.05, 4.69) is 26.1 Å². The van der Waals surface area contributed by atoms with Gasteiger partial charge < -0.3 is 14.8 Å². The average Bonchev–Trinajstić information content (AvgIpc) is 2.82. The molecule has 0 bridgehead atoms. The highest BCUT2D eigenvalue weighted by Gasteiger charge is 2.34. The predicted molar refractivity (Wildman–Crippen MR) is 132 cm³/mol. The SMILES string of the molecule is CC(=O)c1ccc(NC(=O)COC(=O)c2ccccc2C(=O)O[C@@H]2C[C@H](C)CC[C@@H]2C(C)C)cc1. The molecule has 0 aliphatic heterocycles. The summed E-state index contributed by atoms with van der Waals surface area (Å²) in [6, 6.07) is 12.7. The molecule has 35 heavy (non-hydrogen) atoms. The Morgan fingerprint density at radius 2 is 1.57 bits per heavy atom. The van der Waals surface area contributed by atoms with Gasteiger partial charge in [0.15, 0.2) is 12.4 Å². The second-order valence-electron chi connectivity index (χ2n) is 9.57. The van der Waals surface area contributed by atoms with Crippen LogP contribution in [0.1, 0.15) is 78.0 Å². The van der Waals surface area contributed by atoms with Crippen molar-refractivity contribution in [3.8, 4) is 0 Å². The number of ketones is 1. The number of benzene rings is 2. The summed E-state index contributed by atoms with van der Waals surface area (Å²) in [5.74, 6) is -0.814. The van der Waals surface area contributed by atoms with Crippen molar-refractivity contribution in [2.45, 2.75) is 53.1 Å². The molecule has 0 unspecified atom stereocenters. The molecule has 3 atom stereocenters. The molecule has 1 fully saturated rings. The Labute approximate surface area is 206 Å². The minimum Gasteiger partial charge on any atom is -0.458 e. The smallest absolute Gasteiger partial charge is 0.339 e. The molecule has 1 aliphatic rings. The molecule has 2 aromatic carbocycles. The van der Waals surface area contributed by atoms with Crippen LogP contribution in [0, 0.1) is 17.8 Å². The van der Waals surface area contributed by atoms with E-state index in [1.807, 2.05) is 0 Å². The Bertz CT molecular complexity index is 1080. The largest absolute Gasteiger partial charge is 0.458 e. The van der Waals surface area contributed by atoms with Gasteiger partial charge in [-0.2, -0.15) is 0 Å². The molecule has 1 N–H and O–H groups in total. The predicted octanol–water partition coefficient (Wildman–Crippen LogP) is 5.30. The van der Waals surface area contributed by atoms with Crippen molar-refractivity contribution in [2.75, 3.05) is 11.9 Å². The first-order chi connectivity index (χ1) is 16.7. The number of Topliss-reactive ketones (excluding diaryl/α,β-unsaturated/α-hetero) is 1. The number of anilines is 1.